The van der Waals surface area contributed by atoms with Crippen molar-refractivity contribution in [2.45, 2.75) is 12.5 Å². The maximum absolute atomic E-state index is 13.1. The monoisotopic (exact) mass is 276 g/mol. The zero-order chi connectivity index (χ0) is 13.7. The SMILES string of the molecule is N#Cc1ccc(F)cc1COc1ccc(CCl)nc1. The lowest BCUT2D eigenvalue weighted by molar-refractivity contribution is 0.304. The summed E-state index contributed by atoms with van der Waals surface area (Å²) < 4.78 is 18.6. The zero-order valence-electron chi connectivity index (χ0n) is 9.94. The van der Waals surface area contributed by atoms with Gasteiger partial charge in [-0.1, -0.05) is 0 Å². The number of rotatable bonds is 4. The molecule has 0 bridgehead atoms. The molecule has 0 radical (unpaired) electrons. The second kappa shape index (κ2) is 6.17. The maximum atomic E-state index is 13.1. The van der Waals surface area contributed by atoms with Crippen LogP contribution in [0.5, 0.6) is 5.75 Å². The largest absolute Gasteiger partial charge is 0.487 e. The highest BCUT2D eigenvalue weighted by Gasteiger charge is 2.05. The molecule has 1 heterocycles. The Balaban J connectivity index is 2.09. The topological polar surface area (TPSA) is 45.9 Å². The molecule has 1 aromatic heterocycles. The number of nitrogens with zero attached hydrogens (tertiary/aromatic N) is 2. The minimum atomic E-state index is -0.395. The van der Waals surface area contributed by atoms with Crippen molar-refractivity contribution in [1.29, 1.82) is 5.26 Å². The summed E-state index contributed by atoms with van der Waals surface area (Å²) in [5, 5.41) is 8.92. The van der Waals surface area contributed by atoms with E-state index in [-0.39, 0.29) is 6.61 Å². The van der Waals surface area contributed by atoms with E-state index in [1.54, 1.807) is 18.3 Å². The summed E-state index contributed by atoms with van der Waals surface area (Å²) in [7, 11) is 0. The predicted octanol–water partition coefficient (Wildman–Crippen LogP) is 3.41. The second-order valence-corrected chi connectivity index (χ2v) is 4.09. The predicted molar refractivity (Wildman–Crippen MR) is 69.2 cm³/mol. The summed E-state index contributed by atoms with van der Waals surface area (Å²) in [6, 6.07) is 9.45. The van der Waals surface area contributed by atoms with E-state index in [9.17, 15) is 4.39 Å². The van der Waals surface area contributed by atoms with Crippen LogP contribution in [-0.4, -0.2) is 4.98 Å². The standard InChI is InChI=1S/C14H10ClFN2O/c15-6-13-3-4-14(8-18-13)19-9-11-5-12(16)2-1-10(11)7-17/h1-5,8H,6,9H2. The van der Waals surface area contributed by atoms with Gasteiger partial charge in [-0.05, 0) is 30.3 Å². The lowest BCUT2D eigenvalue weighted by Crippen LogP contribution is -2.00. The van der Waals surface area contributed by atoms with Gasteiger partial charge in [0.15, 0.2) is 0 Å². The van der Waals surface area contributed by atoms with E-state index in [0.717, 1.165) is 5.69 Å². The first-order valence-corrected chi connectivity index (χ1v) is 6.08. The van der Waals surface area contributed by atoms with Crippen molar-refractivity contribution in [2.24, 2.45) is 0 Å². The van der Waals surface area contributed by atoms with Crippen molar-refractivity contribution in [3.63, 3.8) is 0 Å². The number of benzene rings is 1. The third-order valence-corrected chi connectivity index (χ3v) is 2.79. The number of halogens is 2. The fourth-order valence-corrected chi connectivity index (χ4v) is 1.69. The Morgan fingerprint density at radius 3 is 2.79 bits per heavy atom. The van der Waals surface area contributed by atoms with Crippen LogP contribution >= 0.6 is 11.6 Å². The third kappa shape index (κ3) is 3.43. The fourth-order valence-electron chi connectivity index (χ4n) is 1.53. The van der Waals surface area contributed by atoms with Crippen molar-refractivity contribution >= 4 is 11.6 Å². The first kappa shape index (κ1) is 13.3. The van der Waals surface area contributed by atoms with Crippen LogP contribution in [0.4, 0.5) is 4.39 Å². The molecule has 0 unspecified atom stereocenters. The molecule has 1 aromatic carbocycles. The molecule has 0 aliphatic rings. The number of pyridine rings is 1. The number of ether oxygens (including phenoxy) is 1. The van der Waals surface area contributed by atoms with E-state index >= 15 is 0 Å². The van der Waals surface area contributed by atoms with Crippen LogP contribution in [0.3, 0.4) is 0 Å². The second-order valence-electron chi connectivity index (χ2n) is 3.82. The molecule has 2 aromatic rings. The van der Waals surface area contributed by atoms with Gasteiger partial charge in [-0.2, -0.15) is 5.26 Å². The van der Waals surface area contributed by atoms with Crippen LogP contribution in [0.2, 0.25) is 0 Å². The van der Waals surface area contributed by atoms with Gasteiger partial charge in [0.05, 0.1) is 29.4 Å². The molecule has 2 rings (SSSR count). The Morgan fingerprint density at radius 2 is 2.16 bits per heavy atom. The summed E-state index contributed by atoms with van der Waals surface area (Å²) in [6.07, 6.45) is 1.54. The van der Waals surface area contributed by atoms with E-state index < -0.39 is 5.82 Å². The Bertz CT molecular complexity index is 608. The lowest BCUT2D eigenvalue weighted by Gasteiger charge is -2.07. The van der Waals surface area contributed by atoms with Crippen molar-refractivity contribution < 1.29 is 9.13 Å². The van der Waals surface area contributed by atoms with Crippen molar-refractivity contribution in [3.05, 3.63) is 59.2 Å². The molecule has 5 heteroatoms. The molecule has 0 aliphatic carbocycles. The molecule has 0 spiro atoms. The molecule has 0 aliphatic heterocycles. The van der Waals surface area contributed by atoms with E-state index in [1.165, 1.54) is 18.2 Å². The van der Waals surface area contributed by atoms with Crippen LogP contribution in [0.25, 0.3) is 0 Å². The summed E-state index contributed by atoms with van der Waals surface area (Å²) >= 11 is 5.63. The number of nitriles is 1. The van der Waals surface area contributed by atoms with Gasteiger partial charge in [-0.3, -0.25) is 4.98 Å². The van der Waals surface area contributed by atoms with Gasteiger partial charge in [0.2, 0.25) is 0 Å². The van der Waals surface area contributed by atoms with Crippen molar-refractivity contribution in [2.75, 3.05) is 0 Å². The van der Waals surface area contributed by atoms with Crippen LogP contribution < -0.4 is 4.74 Å². The van der Waals surface area contributed by atoms with E-state index in [4.69, 9.17) is 21.6 Å². The fraction of sp³-hybridized carbons (Fsp3) is 0.143. The van der Waals surface area contributed by atoms with Crippen molar-refractivity contribution in [3.8, 4) is 11.8 Å². The lowest BCUT2D eigenvalue weighted by atomic mass is 10.1. The number of hydrogen-bond donors (Lipinski definition) is 0. The van der Waals surface area contributed by atoms with Gasteiger partial charge in [0.25, 0.3) is 0 Å². The minimum Gasteiger partial charge on any atom is -0.487 e. The van der Waals surface area contributed by atoms with Crippen LogP contribution in [-0.2, 0) is 12.5 Å². The summed E-state index contributed by atoms with van der Waals surface area (Å²) in [6.45, 7) is 0.114. The molecular formula is C14H10ClFN2O. The number of aromatic nitrogens is 1. The first-order valence-electron chi connectivity index (χ1n) is 5.55. The molecule has 19 heavy (non-hydrogen) atoms. The Hall–Kier alpha value is -2.12. The van der Waals surface area contributed by atoms with Crippen LogP contribution in [0.1, 0.15) is 16.8 Å². The number of alkyl halides is 1. The molecular weight excluding hydrogens is 267 g/mol. The molecule has 0 saturated carbocycles. The van der Waals surface area contributed by atoms with E-state index in [2.05, 4.69) is 4.98 Å². The van der Waals surface area contributed by atoms with Crippen molar-refractivity contribution in [1.82, 2.24) is 4.98 Å². The van der Waals surface area contributed by atoms with Gasteiger partial charge >= 0.3 is 0 Å². The number of hydrogen-bond acceptors (Lipinski definition) is 3. The third-order valence-electron chi connectivity index (χ3n) is 2.52. The van der Waals surface area contributed by atoms with Gasteiger partial charge in [0, 0.05) is 5.56 Å². The average Bonchev–Trinajstić information content (AvgIpc) is 2.46. The molecule has 96 valence electrons. The quantitative estimate of drug-likeness (QED) is 0.804. The average molecular weight is 277 g/mol. The van der Waals surface area contributed by atoms with Crippen LogP contribution in [0, 0.1) is 17.1 Å². The molecule has 0 N–H and O–H groups in total. The summed E-state index contributed by atoms with van der Waals surface area (Å²) in [5.74, 6) is 0.484. The molecule has 0 atom stereocenters. The molecule has 0 saturated heterocycles. The normalized spacial score (nSPS) is 9.95. The Morgan fingerprint density at radius 1 is 1.32 bits per heavy atom. The Kier molecular flexibility index (Phi) is 4.32. The minimum absolute atomic E-state index is 0.114. The zero-order valence-corrected chi connectivity index (χ0v) is 10.7. The summed E-state index contributed by atoms with van der Waals surface area (Å²) in [5.41, 5.74) is 1.65. The van der Waals surface area contributed by atoms with Gasteiger partial charge < -0.3 is 4.74 Å². The highest BCUT2D eigenvalue weighted by Crippen LogP contribution is 2.16. The highest BCUT2D eigenvalue weighted by atomic mass is 35.5. The van der Waals surface area contributed by atoms with Gasteiger partial charge in [-0.25, -0.2) is 4.39 Å². The smallest absolute Gasteiger partial charge is 0.138 e. The summed E-state index contributed by atoms with van der Waals surface area (Å²) in [4.78, 5) is 4.07. The van der Waals surface area contributed by atoms with E-state index in [0.29, 0.717) is 22.8 Å². The van der Waals surface area contributed by atoms with Gasteiger partial charge in [0.1, 0.15) is 18.2 Å². The highest BCUT2D eigenvalue weighted by molar-refractivity contribution is 6.16. The molecule has 0 fully saturated rings. The maximum Gasteiger partial charge on any atom is 0.138 e. The van der Waals surface area contributed by atoms with Gasteiger partial charge in [-0.15, -0.1) is 11.6 Å². The van der Waals surface area contributed by atoms with E-state index in [1.807, 2.05) is 6.07 Å². The molecule has 0 amide bonds. The first-order chi connectivity index (χ1) is 9.22. The Labute approximate surface area is 115 Å². The molecule has 3 nitrogen and oxygen atoms in total. The van der Waals surface area contributed by atoms with Crippen LogP contribution in [0.15, 0.2) is 36.5 Å².